The third-order valence-electron chi connectivity index (χ3n) is 4.80. The van der Waals surface area contributed by atoms with Gasteiger partial charge in [-0.05, 0) is 32.4 Å². The number of rotatable bonds is 17. The number of hydrogen-bond donors (Lipinski definition) is 1. The summed E-state index contributed by atoms with van der Waals surface area (Å²) in [4.78, 5) is 2.56. The van der Waals surface area contributed by atoms with Gasteiger partial charge in [0.05, 0.1) is 6.61 Å². The lowest BCUT2D eigenvalue weighted by Crippen LogP contribution is -2.39. The first-order valence-electron chi connectivity index (χ1n) is 10.1. The Bertz CT molecular complexity index is 188. The summed E-state index contributed by atoms with van der Waals surface area (Å²) in [6.45, 7) is 9.43. The van der Waals surface area contributed by atoms with Crippen molar-refractivity contribution in [1.29, 1.82) is 0 Å². The number of unbranched alkanes of at least 4 members (excludes halogenated alkanes) is 10. The maximum absolute atomic E-state index is 9.60. The first kappa shape index (κ1) is 21.9. The normalized spacial score (nSPS) is 13.0. The molecule has 0 rings (SSSR count). The Morgan fingerprint density at radius 1 is 0.636 bits per heavy atom. The molecule has 0 aromatic carbocycles. The van der Waals surface area contributed by atoms with E-state index in [0.717, 1.165) is 6.42 Å². The molecule has 2 heteroatoms. The fraction of sp³-hybridized carbons (Fsp3) is 1.00. The van der Waals surface area contributed by atoms with Crippen LogP contribution in [0.15, 0.2) is 0 Å². The van der Waals surface area contributed by atoms with Gasteiger partial charge in [0, 0.05) is 6.04 Å². The molecule has 0 spiro atoms. The SMILES string of the molecule is CCCCCCCCN(CCCCCCCC)C(CC)CO. The second-order valence-corrected chi connectivity index (χ2v) is 6.82. The average molecular weight is 314 g/mol. The lowest BCUT2D eigenvalue weighted by Gasteiger charge is -2.30. The molecular formula is C20H43NO. The number of hydrogen-bond acceptors (Lipinski definition) is 2. The Kier molecular flexibility index (Phi) is 17.2. The van der Waals surface area contributed by atoms with Gasteiger partial charge in [0.1, 0.15) is 0 Å². The monoisotopic (exact) mass is 313 g/mol. The second-order valence-electron chi connectivity index (χ2n) is 6.82. The van der Waals surface area contributed by atoms with Gasteiger partial charge in [-0.2, -0.15) is 0 Å². The van der Waals surface area contributed by atoms with Crippen molar-refractivity contribution in [2.24, 2.45) is 0 Å². The molecule has 1 unspecified atom stereocenters. The van der Waals surface area contributed by atoms with Gasteiger partial charge in [-0.3, -0.25) is 4.90 Å². The van der Waals surface area contributed by atoms with Gasteiger partial charge in [-0.15, -0.1) is 0 Å². The summed E-state index contributed by atoms with van der Waals surface area (Å²) in [6.07, 6.45) is 17.4. The Morgan fingerprint density at radius 3 is 1.41 bits per heavy atom. The van der Waals surface area contributed by atoms with Crippen LogP contribution in [0.25, 0.3) is 0 Å². The molecule has 0 bridgehead atoms. The lowest BCUT2D eigenvalue weighted by molar-refractivity contribution is 0.115. The summed E-state index contributed by atoms with van der Waals surface area (Å²) in [5, 5.41) is 9.60. The van der Waals surface area contributed by atoms with Crippen LogP contribution in [0.2, 0.25) is 0 Å². The molecule has 0 saturated carbocycles. The molecule has 0 aliphatic rings. The van der Waals surface area contributed by atoms with Gasteiger partial charge >= 0.3 is 0 Å². The van der Waals surface area contributed by atoms with Crippen LogP contribution in [0.3, 0.4) is 0 Å². The van der Waals surface area contributed by atoms with E-state index in [9.17, 15) is 5.11 Å². The lowest BCUT2D eigenvalue weighted by atomic mass is 10.1. The van der Waals surface area contributed by atoms with Crippen LogP contribution < -0.4 is 0 Å². The molecule has 1 N–H and O–H groups in total. The standard InChI is InChI=1S/C20H43NO/c1-4-7-9-11-13-15-17-21(20(6-3)19-22)18-16-14-12-10-8-5-2/h20,22H,4-19H2,1-3H3. The third-order valence-corrected chi connectivity index (χ3v) is 4.80. The summed E-state index contributed by atoms with van der Waals surface area (Å²) < 4.78 is 0. The van der Waals surface area contributed by atoms with Crippen molar-refractivity contribution in [1.82, 2.24) is 4.90 Å². The minimum Gasteiger partial charge on any atom is -0.395 e. The topological polar surface area (TPSA) is 23.5 Å². The van der Waals surface area contributed by atoms with Crippen molar-refractivity contribution in [2.45, 2.75) is 110 Å². The minimum absolute atomic E-state index is 0.322. The highest BCUT2D eigenvalue weighted by atomic mass is 16.3. The van der Waals surface area contributed by atoms with Crippen LogP contribution in [-0.4, -0.2) is 35.7 Å². The van der Waals surface area contributed by atoms with Crippen molar-refractivity contribution in [3.8, 4) is 0 Å². The summed E-state index contributed by atoms with van der Waals surface area (Å²) >= 11 is 0. The molecular weight excluding hydrogens is 270 g/mol. The van der Waals surface area contributed by atoms with Crippen molar-refractivity contribution < 1.29 is 5.11 Å². The minimum atomic E-state index is 0.322. The van der Waals surface area contributed by atoms with E-state index in [1.54, 1.807) is 0 Å². The third kappa shape index (κ3) is 12.5. The maximum atomic E-state index is 9.60. The molecule has 22 heavy (non-hydrogen) atoms. The highest BCUT2D eigenvalue weighted by molar-refractivity contribution is 4.70. The van der Waals surface area contributed by atoms with Crippen LogP contribution in [0.4, 0.5) is 0 Å². The highest BCUT2D eigenvalue weighted by Crippen LogP contribution is 2.12. The molecule has 0 aromatic heterocycles. The summed E-state index contributed by atoms with van der Waals surface area (Å²) in [7, 11) is 0. The first-order valence-corrected chi connectivity index (χ1v) is 10.1. The molecule has 2 nitrogen and oxygen atoms in total. The zero-order valence-corrected chi connectivity index (χ0v) is 15.8. The largest absolute Gasteiger partial charge is 0.395 e. The number of aliphatic hydroxyl groups excluding tert-OH is 1. The first-order chi connectivity index (χ1) is 10.8. The van der Waals surface area contributed by atoms with Gasteiger partial charge in [0.2, 0.25) is 0 Å². The molecule has 0 aliphatic heterocycles. The molecule has 1 atom stereocenters. The Labute approximate surface area is 140 Å². The summed E-state index contributed by atoms with van der Waals surface area (Å²) in [6, 6.07) is 0.381. The number of nitrogens with zero attached hydrogens (tertiary/aromatic N) is 1. The maximum Gasteiger partial charge on any atom is 0.0586 e. The van der Waals surface area contributed by atoms with Crippen LogP contribution >= 0.6 is 0 Å². The molecule has 0 saturated heterocycles. The fourth-order valence-electron chi connectivity index (χ4n) is 3.17. The summed E-state index contributed by atoms with van der Waals surface area (Å²) in [5.74, 6) is 0. The predicted molar refractivity (Wildman–Crippen MR) is 99.5 cm³/mol. The van der Waals surface area contributed by atoms with Gasteiger partial charge in [-0.1, -0.05) is 85.0 Å². The molecule has 0 radical (unpaired) electrons. The van der Waals surface area contributed by atoms with Crippen LogP contribution in [0.1, 0.15) is 104 Å². The molecule has 134 valence electrons. The molecule has 0 fully saturated rings. The zero-order chi connectivity index (χ0) is 16.5. The smallest absolute Gasteiger partial charge is 0.0586 e. The van der Waals surface area contributed by atoms with E-state index in [1.807, 2.05) is 0 Å². The molecule has 0 aliphatic carbocycles. The van der Waals surface area contributed by atoms with Crippen molar-refractivity contribution >= 4 is 0 Å². The zero-order valence-electron chi connectivity index (χ0n) is 15.8. The Morgan fingerprint density at radius 2 is 1.05 bits per heavy atom. The van der Waals surface area contributed by atoms with E-state index < -0.39 is 0 Å². The van der Waals surface area contributed by atoms with Gasteiger partial charge in [0.15, 0.2) is 0 Å². The van der Waals surface area contributed by atoms with Crippen LogP contribution in [0.5, 0.6) is 0 Å². The van der Waals surface area contributed by atoms with E-state index in [0.29, 0.717) is 12.6 Å². The fourth-order valence-corrected chi connectivity index (χ4v) is 3.17. The van der Waals surface area contributed by atoms with Crippen LogP contribution in [0, 0.1) is 0 Å². The average Bonchev–Trinajstić information content (AvgIpc) is 2.54. The molecule has 0 aromatic rings. The Balaban J connectivity index is 3.85. The van der Waals surface area contributed by atoms with E-state index in [1.165, 1.54) is 90.1 Å². The van der Waals surface area contributed by atoms with Crippen molar-refractivity contribution in [2.75, 3.05) is 19.7 Å². The summed E-state index contributed by atoms with van der Waals surface area (Å²) in [5.41, 5.74) is 0. The van der Waals surface area contributed by atoms with Gasteiger partial charge in [0.25, 0.3) is 0 Å². The predicted octanol–water partition coefficient (Wildman–Crippen LogP) is 5.78. The van der Waals surface area contributed by atoms with Gasteiger partial charge < -0.3 is 5.11 Å². The number of aliphatic hydroxyl groups is 1. The molecule has 0 amide bonds. The highest BCUT2D eigenvalue weighted by Gasteiger charge is 2.14. The van der Waals surface area contributed by atoms with Crippen molar-refractivity contribution in [3.63, 3.8) is 0 Å². The second kappa shape index (κ2) is 17.3. The van der Waals surface area contributed by atoms with E-state index in [-0.39, 0.29) is 0 Å². The van der Waals surface area contributed by atoms with Crippen LogP contribution in [-0.2, 0) is 0 Å². The van der Waals surface area contributed by atoms with Gasteiger partial charge in [-0.25, -0.2) is 0 Å². The van der Waals surface area contributed by atoms with E-state index in [2.05, 4.69) is 25.7 Å². The van der Waals surface area contributed by atoms with E-state index in [4.69, 9.17) is 0 Å². The quantitative estimate of drug-likeness (QED) is 0.344. The molecule has 0 heterocycles. The Hall–Kier alpha value is -0.0800. The van der Waals surface area contributed by atoms with E-state index >= 15 is 0 Å². The van der Waals surface area contributed by atoms with Crippen molar-refractivity contribution in [3.05, 3.63) is 0 Å².